The maximum Gasteiger partial charge on any atom is 0.0236 e. The molecule has 0 aromatic heterocycles. The third-order valence-electron chi connectivity index (χ3n) is 1.22. The maximum atomic E-state index is 7.35. The molecule has 0 atom stereocenters. The Balaban J connectivity index is 3.29. The summed E-state index contributed by atoms with van der Waals surface area (Å²) in [7, 11) is 0. The van der Waals surface area contributed by atoms with Crippen LogP contribution in [0, 0.1) is 3.57 Å². The van der Waals surface area contributed by atoms with Crippen LogP contribution in [-0.2, 0) is 0 Å². The molecule has 0 saturated carbocycles. The van der Waals surface area contributed by atoms with Crippen molar-refractivity contribution in [1.82, 2.24) is 0 Å². The second-order valence-electron chi connectivity index (χ2n) is 1.95. The van der Waals surface area contributed by atoms with Crippen molar-refractivity contribution in [3.63, 3.8) is 0 Å². The Morgan fingerprint density at radius 2 is 2.10 bits per heavy atom. The van der Waals surface area contributed by atoms with E-state index in [4.69, 9.17) is 8.22 Å². The van der Waals surface area contributed by atoms with Gasteiger partial charge < -0.3 is 0 Å². The van der Waals surface area contributed by atoms with Crippen molar-refractivity contribution in [1.29, 1.82) is 0 Å². The molecule has 1 aromatic rings. The van der Waals surface area contributed by atoms with Gasteiger partial charge >= 0.3 is 0 Å². The van der Waals surface area contributed by atoms with Crippen molar-refractivity contribution in [3.8, 4) is 0 Å². The lowest BCUT2D eigenvalue weighted by Crippen LogP contribution is -1.89. The Morgan fingerprint density at radius 1 is 1.40 bits per heavy atom. The second kappa shape index (κ2) is 3.37. The van der Waals surface area contributed by atoms with Crippen LogP contribution < -0.4 is 0 Å². The van der Waals surface area contributed by atoms with Gasteiger partial charge in [-0.25, -0.2) is 0 Å². The molecule has 0 aliphatic heterocycles. The molecule has 0 N–H and O–H groups in total. The fourth-order valence-electron chi connectivity index (χ4n) is 0.709. The van der Waals surface area contributed by atoms with E-state index >= 15 is 0 Å². The van der Waals surface area contributed by atoms with E-state index in [1.165, 1.54) is 0 Å². The molecule has 0 spiro atoms. The minimum absolute atomic E-state index is 0.364. The van der Waals surface area contributed by atoms with Gasteiger partial charge in [0.15, 0.2) is 0 Å². The predicted molar refractivity (Wildman–Crippen MR) is 53.2 cm³/mol. The normalized spacial score (nSPS) is 21.8. The van der Waals surface area contributed by atoms with Crippen molar-refractivity contribution in [2.75, 3.05) is 0 Å². The summed E-state index contributed by atoms with van der Waals surface area (Å²) in [5, 5.41) is 0. The first-order chi connectivity index (χ1) is 7.14. The fraction of sp³-hybridized carbons (Fsp3) is 0.333. The number of rotatable bonds is 1. The van der Waals surface area contributed by atoms with Gasteiger partial charge in [0.1, 0.15) is 0 Å². The summed E-state index contributed by atoms with van der Waals surface area (Å²) in [6.07, 6.45) is 0. The van der Waals surface area contributed by atoms with Gasteiger partial charge in [0.05, 0.1) is 0 Å². The second-order valence-corrected chi connectivity index (χ2v) is 3.12. The topological polar surface area (TPSA) is 0 Å². The first kappa shape index (κ1) is 3.13. The zero-order valence-corrected chi connectivity index (χ0v) is 7.42. The molecule has 0 aliphatic carbocycles. The van der Waals surface area contributed by atoms with E-state index in [1.54, 1.807) is 24.3 Å². The van der Waals surface area contributed by atoms with E-state index in [0.29, 0.717) is 9.13 Å². The van der Waals surface area contributed by atoms with Gasteiger partial charge in [0.2, 0.25) is 0 Å². The minimum Gasteiger partial charge on any atom is -0.0619 e. The van der Waals surface area contributed by atoms with Crippen molar-refractivity contribution in [2.45, 2.75) is 19.6 Å². The summed E-state index contributed by atoms with van der Waals surface area (Å²) in [5.41, 5.74) is 0.364. The minimum atomic E-state index is -2.52. The van der Waals surface area contributed by atoms with Gasteiger partial charge in [0, 0.05) is 11.8 Å². The van der Waals surface area contributed by atoms with Crippen molar-refractivity contribution in [2.24, 2.45) is 0 Å². The summed E-state index contributed by atoms with van der Waals surface area (Å²) in [6.45, 7) is -5.04. The smallest absolute Gasteiger partial charge is 0.0236 e. The van der Waals surface area contributed by atoms with Crippen LogP contribution in [0.5, 0.6) is 0 Å². The molecule has 10 heavy (non-hydrogen) atoms. The molecule has 54 valence electrons. The highest BCUT2D eigenvalue weighted by Gasteiger charge is 2.00. The number of hydrogen-bond donors (Lipinski definition) is 0. The van der Waals surface area contributed by atoms with Gasteiger partial charge in [0.25, 0.3) is 0 Å². The quantitative estimate of drug-likeness (QED) is 0.672. The van der Waals surface area contributed by atoms with Crippen molar-refractivity contribution >= 4 is 22.6 Å². The summed E-state index contributed by atoms with van der Waals surface area (Å²) >= 11 is 1.96. The van der Waals surface area contributed by atoms with Crippen LogP contribution in [0.25, 0.3) is 0 Å². The molecule has 0 nitrogen and oxygen atoms in total. The van der Waals surface area contributed by atoms with Crippen LogP contribution in [0.3, 0.4) is 0 Å². The lowest BCUT2D eigenvalue weighted by molar-refractivity contribution is 0.860. The lowest BCUT2D eigenvalue weighted by atomic mass is 10.0. The van der Waals surface area contributed by atoms with Gasteiger partial charge in [-0.1, -0.05) is 31.9 Å². The highest BCUT2D eigenvalue weighted by Crippen LogP contribution is 2.19. The number of halogens is 1. The fourth-order valence-corrected chi connectivity index (χ4v) is 1.41. The van der Waals surface area contributed by atoms with Crippen molar-refractivity contribution in [3.05, 3.63) is 33.4 Å². The number of benzene rings is 1. The van der Waals surface area contributed by atoms with E-state index < -0.39 is 19.6 Å². The molecule has 0 unspecified atom stereocenters. The monoisotopic (exact) mass is 252 g/mol. The zero-order valence-electron chi connectivity index (χ0n) is 11.3. The molecule has 1 rings (SSSR count). The third kappa shape index (κ3) is 1.72. The molecule has 0 amide bonds. The Bertz CT molecular complexity index is 353. The van der Waals surface area contributed by atoms with Crippen LogP contribution in [0.4, 0.5) is 0 Å². The van der Waals surface area contributed by atoms with Crippen LogP contribution in [0.1, 0.15) is 33.4 Å². The van der Waals surface area contributed by atoms with E-state index in [9.17, 15) is 0 Å². The van der Waals surface area contributed by atoms with Crippen molar-refractivity contribution < 1.29 is 8.22 Å². The Morgan fingerprint density at radius 3 is 2.70 bits per heavy atom. The predicted octanol–water partition coefficient (Wildman–Crippen LogP) is 3.41. The molecule has 0 saturated heterocycles. The largest absolute Gasteiger partial charge is 0.0619 e. The van der Waals surface area contributed by atoms with Gasteiger partial charge in [-0.3, -0.25) is 0 Å². The summed E-state index contributed by atoms with van der Waals surface area (Å²) in [5.74, 6) is -1.42. The zero-order chi connectivity index (χ0) is 12.6. The van der Waals surface area contributed by atoms with Crippen LogP contribution in [0.15, 0.2) is 24.3 Å². The van der Waals surface area contributed by atoms with E-state index in [1.807, 2.05) is 22.6 Å². The molecular weight excluding hydrogens is 235 g/mol. The molecule has 0 bridgehead atoms. The summed E-state index contributed by atoms with van der Waals surface area (Å²) < 4.78 is 44.8. The van der Waals surface area contributed by atoms with E-state index in [-0.39, 0.29) is 0 Å². The van der Waals surface area contributed by atoms with E-state index in [2.05, 4.69) is 0 Å². The maximum absolute atomic E-state index is 7.35. The Labute approximate surface area is 84.2 Å². The van der Waals surface area contributed by atoms with Gasteiger partial charge in [-0.2, -0.15) is 0 Å². The summed E-state index contributed by atoms with van der Waals surface area (Å²) in [6, 6.07) is 6.68. The molecule has 0 radical (unpaired) electrons. The SMILES string of the molecule is [2H]C([2H])([2H])C(c1ccccc1I)C([2H])([2H])[2H]. The molecular formula is C9H11I. The van der Waals surface area contributed by atoms with Gasteiger partial charge in [-0.05, 0) is 40.1 Å². The molecule has 0 aliphatic rings. The first-order valence-corrected chi connectivity index (χ1v) is 3.96. The highest BCUT2D eigenvalue weighted by molar-refractivity contribution is 14.1. The van der Waals surface area contributed by atoms with E-state index in [0.717, 1.165) is 0 Å². The lowest BCUT2D eigenvalue weighted by Gasteiger charge is -2.06. The average Bonchev–Trinajstić information content (AvgIpc) is 2.03. The molecule has 1 aromatic carbocycles. The van der Waals surface area contributed by atoms with Gasteiger partial charge in [-0.15, -0.1) is 0 Å². The van der Waals surface area contributed by atoms with Crippen LogP contribution in [0.2, 0.25) is 0 Å². The molecule has 0 heterocycles. The Kier molecular flexibility index (Phi) is 1.06. The molecule has 1 heteroatoms. The molecule has 0 fully saturated rings. The standard InChI is InChI=1S/C9H11I/c1-7(2)8-5-3-4-6-9(8)10/h3-7H,1-2H3/i1D3,2D3. The first-order valence-electron chi connectivity index (χ1n) is 5.88. The highest BCUT2D eigenvalue weighted by atomic mass is 127. The number of hydrogen-bond acceptors (Lipinski definition) is 0. The summed E-state index contributed by atoms with van der Waals surface area (Å²) in [4.78, 5) is 0. The van der Waals surface area contributed by atoms with Crippen LogP contribution in [-0.4, -0.2) is 0 Å². The Hall–Kier alpha value is -0.0500. The van der Waals surface area contributed by atoms with Crippen LogP contribution >= 0.6 is 22.6 Å². The third-order valence-corrected chi connectivity index (χ3v) is 2.20. The average molecular weight is 252 g/mol.